The molecule has 1 N–H and O–H groups in total. The molecule has 1 saturated heterocycles. The molecule has 128 valence electrons. The lowest BCUT2D eigenvalue weighted by atomic mass is 9.89. The molecule has 0 bridgehead atoms. The molecular weight excluding hydrogens is 319 g/mol. The molecule has 2 aromatic rings. The van der Waals surface area contributed by atoms with Gasteiger partial charge in [0.25, 0.3) is 0 Å². The summed E-state index contributed by atoms with van der Waals surface area (Å²) in [6.07, 6.45) is 1.94. The van der Waals surface area contributed by atoms with E-state index in [9.17, 15) is 14.0 Å². The van der Waals surface area contributed by atoms with E-state index in [1.54, 1.807) is 12.1 Å². The van der Waals surface area contributed by atoms with E-state index in [0.717, 1.165) is 29.7 Å². The summed E-state index contributed by atoms with van der Waals surface area (Å²) in [5.74, 6) is -0.882. The summed E-state index contributed by atoms with van der Waals surface area (Å²) >= 11 is 0. The summed E-state index contributed by atoms with van der Waals surface area (Å²) in [5, 5.41) is 2.83. The highest BCUT2D eigenvalue weighted by molar-refractivity contribution is 6.01. The molecule has 2 aromatic carbocycles. The zero-order valence-electron chi connectivity index (χ0n) is 13.7. The van der Waals surface area contributed by atoms with Crippen molar-refractivity contribution in [2.45, 2.75) is 31.2 Å². The molecule has 0 radical (unpaired) electrons. The highest BCUT2D eigenvalue weighted by Gasteiger charge is 2.38. The first kappa shape index (κ1) is 15.8. The van der Waals surface area contributed by atoms with Gasteiger partial charge in [0.05, 0.1) is 12.0 Å². The maximum atomic E-state index is 13.2. The van der Waals surface area contributed by atoms with E-state index in [0.29, 0.717) is 6.54 Å². The van der Waals surface area contributed by atoms with Gasteiger partial charge in [-0.15, -0.1) is 0 Å². The molecular formula is C20H19FN2O2. The first-order valence-corrected chi connectivity index (χ1v) is 8.58. The van der Waals surface area contributed by atoms with Gasteiger partial charge in [0.1, 0.15) is 5.82 Å². The number of rotatable bonds is 2. The van der Waals surface area contributed by atoms with Crippen molar-refractivity contribution in [2.24, 2.45) is 0 Å². The van der Waals surface area contributed by atoms with Gasteiger partial charge in [-0.1, -0.05) is 30.3 Å². The molecule has 0 aromatic heterocycles. The maximum absolute atomic E-state index is 13.2. The zero-order chi connectivity index (χ0) is 17.4. The molecule has 0 spiro atoms. The second-order valence-electron chi connectivity index (χ2n) is 6.63. The van der Waals surface area contributed by atoms with Crippen LogP contribution in [0.1, 0.15) is 42.3 Å². The second-order valence-corrected chi connectivity index (χ2v) is 6.63. The molecule has 2 aliphatic heterocycles. The number of hydrogen-bond acceptors (Lipinski definition) is 2. The summed E-state index contributed by atoms with van der Waals surface area (Å²) < 4.78 is 13.2. The van der Waals surface area contributed by atoms with Crippen molar-refractivity contribution in [3.05, 3.63) is 65.5 Å². The SMILES string of the molecule is O=C1CC(C(=O)N2CCCC2c2ccc(F)cc2)c2ccccc2N1. The molecule has 2 amide bonds. The molecule has 25 heavy (non-hydrogen) atoms. The first-order valence-electron chi connectivity index (χ1n) is 8.58. The van der Waals surface area contributed by atoms with Crippen LogP contribution >= 0.6 is 0 Å². The van der Waals surface area contributed by atoms with Gasteiger partial charge in [-0.3, -0.25) is 9.59 Å². The van der Waals surface area contributed by atoms with E-state index in [1.165, 1.54) is 12.1 Å². The Morgan fingerprint density at radius 3 is 2.68 bits per heavy atom. The molecule has 2 heterocycles. The van der Waals surface area contributed by atoms with Crippen molar-refractivity contribution >= 4 is 17.5 Å². The lowest BCUT2D eigenvalue weighted by molar-refractivity contribution is -0.135. The number of likely N-dealkylation sites (tertiary alicyclic amines) is 1. The van der Waals surface area contributed by atoms with Crippen LogP contribution < -0.4 is 5.32 Å². The van der Waals surface area contributed by atoms with Crippen molar-refractivity contribution in [2.75, 3.05) is 11.9 Å². The summed E-state index contributed by atoms with van der Waals surface area (Å²) in [6.45, 7) is 0.668. The molecule has 4 rings (SSSR count). The maximum Gasteiger partial charge on any atom is 0.231 e. The Hall–Kier alpha value is -2.69. The summed E-state index contributed by atoms with van der Waals surface area (Å²) in [5.41, 5.74) is 2.53. The highest BCUT2D eigenvalue weighted by atomic mass is 19.1. The first-order chi connectivity index (χ1) is 12.1. The molecule has 4 nitrogen and oxygen atoms in total. The van der Waals surface area contributed by atoms with Crippen molar-refractivity contribution in [1.29, 1.82) is 0 Å². The third kappa shape index (κ3) is 2.90. The molecule has 2 unspecified atom stereocenters. The lowest BCUT2D eigenvalue weighted by Crippen LogP contribution is -2.38. The van der Waals surface area contributed by atoms with Crippen molar-refractivity contribution < 1.29 is 14.0 Å². The van der Waals surface area contributed by atoms with Gasteiger partial charge >= 0.3 is 0 Å². The number of para-hydroxylation sites is 1. The number of halogens is 1. The van der Waals surface area contributed by atoms with Crippen LogP contribution in [0, 0.1) is 5.82 Å². The number of anilines is 1. The van der Waals surface area contributed by atoms with E-state index in [4.69, 9.17) is 0 Å². The van der Waals surface area contributed by atoms with Crippen LogP contribution in [0.3, 0.4) is 0 Å². The van der Waals surface area contributed by atoms with Gasteiger partial charge < -0.3 is 10.2 Å². The van der Waals surface area contributed by atoms with Crippen LogP contribution in [-0.2, 0) is 9.59 Å². The Balaban J connectivity index is 1.64. The smallest absolute Gasteiger partial charge is 0.231 e. The highest BCUT2D eigenvalue weighted by Crippen LogP contribution is 2.38. The number of benzene rings is 2. The van der Waals surface area contributed by atoms with Crippen molar-refractivity contribution in [3.8, 4) is 0 Å². The lowest BCUT2D eigenvalue weighted by Gasteiger charge is -2.32. The topological polar surface area (TPSA) is 49.4 Å². The van der Waals surface area contributed by atoms with E-state index < -0.39 is 5.92 Å². The van der Waals surface area contributed by atoms with Crippen molar-refractivity contribution in [3.63, 3.8) is 0 Å². The summed E-state index contributed by atoms with van der Waals surface area (Å²) in [6, 6.07) is 13.8. The van der Waals surface area contributed by atoms with Crippen LogP contribution in [0.5, 0.6) is 0 Å². The Kier molecular flexibility index (Phi) is 3.99. The standard InChI is InChI=1S/C20H19FN2O2/c21-14-9-7-13(8-10-14)18-6-3-11-23(18)20(25)16-12-19(24)22-17-5-2-1-4-15(16)17/h1-2,4-5,7-10,16,18H,3,6,11-12H2,(H,22,24). The van der Waals surface area contributed by atoms with Gasteiger partial charge in [0.2, 0.25) is 11.8 Å². The third-order valence-corrected chi connectivity index (χ3v) is 5.09. The van der Waals surface area contributed by atoms with Crippen LogP contribution in [0.15, 0.2) is 48.5 Å². The molecule has 2 atom stereocenters. The van der Waals surface area contributed by atoms with Gasteiger partial charge in [0, 0.05) is 18.7 Å². The minimum Gasteiger partial charge on any atom is -0.335 e. The monoisotopic (exact) mass is 338 g/mol. The Morgan fingerprint density at radius 1 is 1.12 bits per heavy atom. The number of nitrogens with one attached hydrogen (secondary N) is 1. The minimum absolute atomic E-state index is 0.0193. The Morgan fingerprint density at radius 2 is 1.88 bits per heavy atom. The number of hydrogen-bond donors (Lipinski definition) is 1. The average molecular weight is 338 g/mol. The van der Waals surface area contributed by atoms with Gasteiger partial charge in [-0.25, -0.2) is 4.39 Å². The summed E-state index contributed by atoms with van der Waals surface area (Å²) in [7, 11) is 0. The average Bonchev–Trinajstić information content (AvgIpc) is 3.10. The fourth-order valence-electron chi connectivity index (χ4n) is 3.89. The van der Waals surface area contributed by atoms with E-state index in [1.807, 2.05) is 29.2 Å². The molecule has 2 aliphatic rings. The van der Waals surface area contributed by atoms with E-state index >= 15 is 0 Å². The fraction of sp³-hybridized carbons (Fsp3) is 0.300. The quantitative estimate of drug-likeness (QED) is 0.909. The fourth-order valence-corrected chi connectivity index (χ4v) is 3.89. The van der Waals surface area contributed by atoms with E-state index in [2.05, 4.69) is 5.32 Å². The number of nitrogens with zero attached hydrogens (tertiary/aromatic N) is 1. The van der Waals surface area contributed by atoms with E-state index in [-0.39, 0.29) is 30.1 Å². The zero-order valence-corrected chi connectivity index (χ0v) is 13.7. The molecule has 0 saturated carbocycles. The number of carbonyl (C=O) groups excluding carboxylic acids is 2. The minimum atomic E-state index is -0.453. The predicted octanol–water partition coefficient (Wildman–Crippen LogP) is 3.62. The number of amides is 2. The second kappa shape index (κ2) is 6.31. The normalized spacial score (nSPS) is 22.4. The molecule has 1 fully saturated rings. The Labute approximate surface area is 145 Å². The van der Waals surface area contributed by atoms with Crippen LogP contribution in [0.4, 0.5) is 10.1 Å². The van der Waals surface area contributed by atoms with Gasteiger partial charge in [0.15, 0.2) is 0 Å². The molecule has 5 heteroatoms. The van der Waals surface area contributed by atoms with Crippen molar-refractivity contribution in [1.82, 2.24) is 4.90 Å². The summed E-state index contributed by atoms with van der Waals surface area (Å²) in [4.78, 5) is 27.1. The van der Waals surface area contributed by atoms with Crippen LogP contribution in [-0.4, -0.2) is 23.3 Å². The van der Waals surface area contributed by atoms with Gasteiger partial charge in [-0.2, -0.15) is 0 Å². The van der Waals surface area contributed by atoms with Crippen LogP contribution in [0.25, 0.3) is 0 Å². The third-order valence-electron chi connectivity index (χ3n) is 5.09. The number of carbonyl (C=O) groups is 2. The van der Waals surface area contributed by atoms with Crippen LogP contribution in [0.2, 0.25) is 0 Å². The predicted molar refractivity (Wildman–Crippen MR) is 92.5 cm³/mol. The van der Waals surface area contributed by atoms with Gasteiger partial charge in [-0.05, 0) is 42.2 Å². The number of fused-ring (bicyclic) bond motifs is 1. The largest absolute Gasteiger partial charge is 0.335 e. The molecule has 0 aliphatic carbocycles. The Bertz CT molecular complexity index is 819.